The molecule has 0 bridgehead atoms. The van der Waals surface area contributed by atoms with Gasteiger partial charge in [-0.3, -0.25) is 0 Å². The van der Waals surface area contributed by atoms with E-state index in [0.717, 1.165) is 12.1 Å². The van der Waals surface area contributed by atoms with Gasteiger partial charge in [0.25, 0.3) is 0 Å². The summed E-state index contributed by atoms with van der Waals surface area (Å²) in [5.74, 6) is -0.409. The molecule has 0 spiro atoms. The van der Waals surface area contributed by atoms with Gasteiger partial charge in [0.05, 0.1) is 10.0 Å². The minimum absolute atomic E-state index is 0.222. The standard InChI is InChI=1S/C14H10BrF4N/c15-13-9(3-1-6-12(13)16)8-20-11-5-2-4-10(7-11)14(17,18)19/h1-7,20H,8H2. The summed E-state index contributed by atoms with van der Waals surface area (Å²) in [6, 6.07) is 9.42. The van der Waals surface area contributed by atoms with E-state index in [1.54, 1.807) is 12.1 Å². The molecule has 0 aliphatic heterocycles. The normalized spacial score (nSPS) is 11.4. The summed E-state index contributed by atoms with van der Waals surface area (Å²) in [6.45, 7) is 0.222. The Morgan fingerprint density at radius 1 is 1.05 bits per heavy atom. The average molecular weight is 348 g/mol. The molecule has 1 nitrogen and oxygen atoms in total. The Morgan fingerprint density at radius 2 is 1.75 bits per heavy atom. The lowest BCUT2D eigenvalue weighted by Crippen LogP contribution is -2.06. The Balaban J connectivity index is 2.13. The molecule has 0 saturated carbocycles. The number of halogens is 5. The van der Waals surface area contributed by atoms with Crippen molar-refractivity contribution in [2.24, 2.45) is 0 Å². The Morgan fingerprint density at radius 3 is 2.45 bits per heavy atom. The number of benzene rings is 2. The fraction of sp³-hybridized carbons (Fsp3) is 0.143. The lowest BCUT2D eigenvalue weighted by Gasteiger charge is -2.11. The van der Waals surface area contributed by atoms with Gasteiger partial charge in [-0.1, -0.05) is 18.2 Å². The summed E-state index contributed by atoms with van der Waals surface area (Å²) < 4.78 is 51.3. The maximum absolute atomic E-state index is 13.3. The van der Waals surface area contributed by atoms with E-state index < -0.39 is 17.6 Å². The second-order valence-electron chi connectivity index (χ2n) is 4.15. The first-order valence-electron chi connectivity index (χ1n) is 5.72. The molecule has 2 rings (SSSR count). The molecule has 0 heterocycles. The smallest absolute Gasteiger partial charge is 0.381 e. The summed E-state index contributed by atoms with van der Waals surface area (Å²) in [4.78, 5) is 0. The lowest BCUT2D eigenvalue weighted by molar-refractivity contribution is -0.137. The number of alkyl halides is 3. The number of rotatable bonds is 3. The molecule has 0 aromatic heterocycles. The summed E-state index contributed by atoms with van der Waals surface area (Å²) in [5, 5.41) is 2.84. The van der Waals surface area contributed by atoms with Crippen molar-refractivity contribution in [2.75, 3.05) is 5.32 Å². The van der Waals surface area contributed by atoms with E-state index in [1.165, 1.54) is 18.2 Å². The zero-order valence-corrected chi connectivity index (χ0v) is 11.7. The summed E-state index contributed by atoms with van der Waals surface area (Å²) in [6.07, 6.45) is -4.38. The predicted octanol–water partition coefficient (Wildman–Crippen LogP) is 5.22. The van der Waals surface area contributed by atoms with Gasteiger partial charge in [-0.2, -0.15) is 13.2 Å². The first-order valence-corrected chi connectivity index (χ1v) is 6.51. The van der Waals surface area contributed by atoms with Crippen LogP contribution >= 0.6 is 15.9 Å². The van der Waals surface area contributed by atoms with Gasteiger partial charge in [0.1, 0.15) is 5.82 Å². The molecule has 2 aromatic carbocycles. The van der Waals surface area contributed by atoms with Crippen molar-refractivity contribution >= 4 is 21.6 Å². The molecular formula is C14H10BrF4N. The van der Waals surface area contributed by atoms with Crippen LogP contribution in [0.15, 0.2) is 46.9 Å². The summed E-state index contributed by atoms with van der Waals surface area (Å²) in [7, 11) is 0. The molecule has 2 aromatic rings. The molecule has 0 aliphatic rings. The highest BCUT2D eigenvalue weighted by atomic mass is 79.9. The number of hydrogen-bond acceptors (Lipinski definition) is 1. The average Bonchev–Trinajstić information content (AvgIpc) is 2.40. The largest absolute Gasteiger partial charge is 0.416 e. The molecule has 0 saturated heterocycles. The minimum Gasteiger partial charge on any atom is -0.381 e. The van der Waals surface area contributed by atoms with Crippen LogP contribution in [0.1, 0.15) is 11.1 Å². The lowest BCUT2D eigenvalue weighted by atomic mass is 10.1. The van der Waals surface area contributed by atoms with Gasteiger partial charge >= 0.3 is 6.18 Å². The van der Waals surface area contributed by atoms with Crippen molar-refractivity contribution in [3.8, 4) is 0 Å². The van der Waals surface area contributed by atoms with Crippen LogP contribution in [0.5, 0.6) is 0 Å². The van der Waals surface area contributed by atoms with Gasteiger partial charge in [0.2, 0.25) is 0 Å². The van der Waals surface area contributed by atoms with Gasteiger partial charge in [0, 0.05) is 12.2 Å². The van der Waals surface area contributed by atoms with Crippen molar-refractivity contribution in [1.29, 1.82) is 0 Å². The second kappa shape index (κ2) is 5.83. The Bertz CT molecular complexity index is 610. The number of anilines is 1. The van der Waals surface area contributed by atoms with E-state index in [4.69, 9.17) is 0 Å². The Kier molecular flexibility index (Phi) is 4.32. The molecule has 0 unspecified atom stereocenters. The van der Waals surface area contributed by atoms with Crippen molar-refractivity contribution in [3.63, 3.8) is 0 Å². The molecule has 106 valence electrons. The van der Waals surface area contributed by atoms with Crippen LogP contribution in [0.4, 0.5) is 23.2 Å². The maximum Gasteiger partial charge on any atom is 0.416 e. The molecule has 0 fully saturated rings. The van der Waals surface area contributed by atoms with Gasteiger partial charge < -0.3 is 5.32 Å². The van der Waals surface area contributed by atoms with Crippen LogP contribution in [0.25, 0.3) is 0 Å². The van der Waals surface area contributed by atoms with Gasteiger partial charge in [-0.05, 0) is 45.8 Å². The summed E-state index contributed by atoms with van der Waals surface area (Å²) in [5.41, 5.74) is 0.235. The molecule has 0 amide bonds. The van der Waals surface area contributed by atoms with Gasteiger partial charge in [-0.15, -0.1) is 0 Å². The van der Waals surface area contributed by atoms with E-state index in [1.807, 2.05) is 0 Å². The highest BCUT2D eigenvalue weighted by Gasteiger charge is 2.30. The zero-order valence-electron chi connectivity index (χ0n) is 10.1. The van der Waals surface area contributed by atoms with Crippen molar-refractivity contribution < 1.29 is 17.6 Å². The molecular weight excluding hydrogens is 338 g/mol. The van der Waals surface area contributed by atoms with Gasteiger partial charge in [0.15, 0.2) is 0 Å². The molecule has 20 heavy (non-hydrogen) atoms. The van der Waals surface area contributed by atoms with Crippen LogP contribution in [0.3, 0.4) is 0 Å². The second-order valence-corrected chi connectivity index (χ2v) is 4.94. The zero-order chi connectivity index (χ0) is 14.8. The van der Waals surface area contributed by atoms with E-state index in [-0.39, 0.29) is 6.54 Å². The number of nitrogens with one attached hydrogen (secondary N) is 1. The Labute approximate surface area is 121 Å². The predicted molar refractivity (Wildman–Crippen MR) is 72.9 cm³/mol. The fourth-order valence-corrected chi connectivity index (χ4v) is 2.09. The molecule has 0 atom stereocenters. The SMILES string of the molecule is Fc1cccc(CNc2cccc(C(F)(F)F)c2)c1Br. The topological polar surface area (TPSA) is 12.0 Å². The van der Waals surface area contributed by atoms with Crippen LogP contribution in [-0.2, 0) is 12.7 Å². The molecule has 0 aliphatic carbocycles. The fourth-order valence-electron chi connectivity index (χ4n) is 1.69. The van der Waals surface area contributed by atoms with Gasteiger partial charge in [-0.25, -0.2) is 4.39 Å². The third-order valence-electron chi connectivity index (χ3n) is 2.70. The van der Waals surface area contributed by atoms with Crippen molar-refractivity contribution in [3.05, 3.63) is 63.9 Å². The number of hydrogen-bond donors (Lipinski definition) is 1. The third-order valence-corrected chi connectivity index (χ3v) is 3.59. The highest BCUT2D eigenvalue weighted by molar-refractivity contribution is 9.10. The van der Waals surface area contributed by atoms with Crippen LogP contribution in [0.2, 0.25) is 0 Å². The van der Waals surface area contributed by atoms with E-state index in [9.17, 15) is 17.6 Å². The molecule has 6 heteroatoms. The third kappa shape index (κ3) is 3.50. The quantitative estimate of drug-likeness (QED) is 0.750. The highest BCUT2D eigenvalue weighted by Crippen LogP contribution is 2.31. The van der Waals surface area contributed by atoms with E-state index in [2.05, 4.69) is 21.2 Å². The monoisotopic (exact) mass is 347 g/mol. The minimum atomic E-state index is -4.38. The van der Waals surface area contributed by atoms with Crippen LogP contribution < -0.4 is 5.32 Å². The first kappa shape index (κ1) is 14.8. The molecule has 1 N–H and O–H groups in total. The summed E-state index contributed by atoms with van der Waals surface area (Å²) >= 11 is 3.10. The van der Waals surface area contributed by atoms with Crippen LogP contribution in [0, 0.1) is 5.82 Å². The van der Waals surface area contributed by atoms with E-state index in [0.29, 0.717) is 15.7 Å². The van der Waals surface area contributed by atoms with Crippen LogP contribution in [-0.4, -0.2) is 0 Å². The van der Waals surface area contributed by atoms with Crippen molar-refractivity contribution in [1.82, 2.24) is 0 Å². The first-order chi connectivity index (χ1) is 9.38. The molecule has 0 radical (unpaired) electrons. The maximum atomic E-state index is 13.3. The van der Waals surface area contributed by atoms with E-state index >= 15 is 0 Å². The van der Waals surface area contributed by atoms with Crippen molar-refractivity contribution in [2.45, 2.75) is 12.7 Å². The Hall–Kier alpha value is -1.56.